The van der Waals surface area contributed by atoms with Gasteiger partial charge in [0.25, 0.3) is 5.91 Å². The van der Waals surface area contributed by atoms with E-state index < -0.39 is 5.97 Å². The van der Waals surface area contributed by atoms with Crippen molar-refractivity contribution in [3.05, 3.63) is 75.0 Å². The topological polar surface area (TPSA) is 75.6 Å². The number of hydrogen-bond donors (Lipinski definition) is 2. The van der Waals surface area contributed by atoms with Crippen LogP contribution in [0, 0.1) is 13.8 Å². The lowest BCUT2D eigenvalue weighted by molar-refractivity contribution is -0.136. The summed E-state index contributed by atoms with van der Waals surface area (Å²) in [6, 6.07) is 16.8. The summed E-state index contributed by atoms with van der Waals surface area (Å²) in [6.45, 7) is 8.70. The van der Waals surface area contributed by atoms with E-state index in [4.69, 9.17) is 9.84 Å². The maximum Gasteiger partial charge on any atom is 0.305 e. The minimum absolute atomic E-state index is 0.0940. The summed E-state index contributed by atoms with van der Waals surface area (Å²) in [6.07, 6.45) is 5.07. The fourth-order valence-corrected chi connectivity index (χ4v) is 5.36. The average Bonchev–Trinajstić information content (AvgIpc) is 3.33. The largest absolute Gasteiger partial charge is 0.485 e. The molecule has 0 unspecified atom stereocenters. The van der Waals surface area contributed by atoms with Gasteiger partial charge >= 0.3 is 5.97 Å². The van der Waals surface area contributed by atoms with Crippen molar-refractivity contribution >= 4 is 23.2 Å². The third-order valence-electron chi connectivity index (χ3n) is 6.19. The lowest BCUT2D eigenvalue weighted by atomic mass is 9.94. The van der Waals surface area contributed by atoms with Gasteiger partial charge in [0, 0.05) is 11.4 Å². The van der Waals surface area contributed by atoms with Crippen LogP contribution in [0.5, 0.6) is 5.75 Å². The van der Waals surface area contributed by atoms with Crippen molar-refractivity contribution in [2.45, 2.75) is 72.3 Å². The molecule has 36 heavy (non-hydrogen) atoms. The molecular formula is C30H37NO4S. The van der Waals surface area contributed by atoms with E-state index in [-0.39, 0.29) is 25.0 Å². The van der Waals surface area contributed by atoms with E-state index in [9.17, 15) is 9.59 Å². The van der Waals surface area contributed by atoms with Gasteiger partial charge < -0.3 is 15.2 Å². The molecule has 1 amide bonds. The van der Waals surface area contributed by atoms with E-state index in [2.05, 4.69) is 69.4 Å². The van der Waals surface area contributed by atoms with Gasteiger partial charge in [0.15, 0.2) is 0 Å². The quantitative estimate of drug-likeness (QED) is 0.251. The maximum absolute atomic E-state index is 12.4. The molecule has 1 aromatic heterocycles. The first-order chi connectivity index (χ1) is 17.3. The minimum Gasteiger partial charge on any atom is -0.485 e. The Balaban J connectivity index is 1.75. The second-order valence-corrected chi connectivity index (χ2v) is 10.3. The van der Waals surface area contributed by atoms with Crippen LogP contribution >= 0.6 is 11.3 Å². The number of aryl methyl sites for hydroxylation is 3. The standard InChI is InChI=1S/C30H37NO4S/c1-5-7-9-22-10-12-23(13-11-22)29-20(3)18-24(19-21(29)4)35-25(8-6-2)26-14-15-27(36-26)30(34)31-17-16-28(32)33/h10-15,18-19,25H,5-9,16-17H2,1-4H3,(H,31,34)(H,32,33)/t25-/m1/s1. The van der Waals surface area contributed by atoms with Gasteiger partial charge in [0.1, 0.15) is 11.9 Å². The summed E-state index contributed by atoms with van der Waals surface area (Å²) in [4.78, 5) is 24.6. The monoisotopic (exact) mass is 507 g/mol. The van der Waals surface area contributed by atoms with Gasteiger partial charge in [-0.15, -0.1) is 11.3 Å². The molecule has 1 atom stereocenters. The predicted octanol–water partition coefficient (Wildman–Crippen LogP) is 7.50. The van der Waals surface area contributed by atoms with Gasteiger partial charge in [0.2, 0.25) is 0 Å². The number of nitrogens with one attached hydrogen (secondary N) is 1. The number of unbranched alkanes of at least 4 members (excludes halogenated alkanes) is 1. The van der Waals surface area contributed by atoms with Crippen molar-refractivity contribution in [2.75, 3.05) is 6.54 Å². The number of thiophene rings is 1. The molecule has 0 aliphatic heterocycles. The van der Waals surface area contributed by atoms with Gasteiger partial charge in [-0.25, -0.2) is 0 Å². The van der Waals surface area contributed by atoms with Gasteiger partial charge in [-0.05, 0) is 85.2 Å². The highest BCUT2D eigenvalue weighted by Crippen LogP contribution is 2.35. The molecule has 6 heteroatoms. The zero-order chi connectivity index (χ0) is 26.1. The second kappa shape index (κ2) is 13.3. The van der Waals surface area contributed by atoms with Crippen molar-refractivity contribution in [3.8, 4) is 16.9 Å². The molecule has 3 aromatic rings. The van der Waals surface area contributed by atoms with E-state index in [0.29, 0.717) is 4.88 Å². The summed E-state index contributed by atoms with van der Waals surface area (Å²) in [5.74, 6) is -0.355. The SMILES string of the molecule is CCCCc1ccc(-c2c(C)cc(O[C@H](CCC)c3ccc(C(=O)NCCC(=O)O)s3)cc2C)cc1. The Morgan fingerprint density at radius 3 is 2.31 bits per heavy atom. The summed E-state index contributed by atoms with van der Waals surface area (Å²) in [5, 5.41) is 11.4. The van der Waals surface area contributed by atoms with Crippen molar-refractivity contribution in [3.63, 3.8) is 0 Å². The minimum atomic E-state index is -0.931. The Kier molecular flexibility index (Phi) is 10.1. The molecule has 3 rings (SSSR count). The molecule has 0 saturated carbocycles. The number of carbonyl (C=O) groups excluding carboxylic acids is 1. The third-order valence-corrected chi connectivity index (χ3v) is 7.37. The first-order valence-corrected chi connectivity index (χ1v) is 13.6. The normalized spacial score (nSPS) is 11.8. The van der Waals surface area contributed by atoms with E-state index in [1.807, 2.05) is 6.07 Å². The molecule has 0 radical (unpaired) electrons. The molecule has 0 aliphatic rings. The van der Waals surface area contributed by atoms with E-state index in [1.54, 1.807) is 6.07 Å². The molecule has 1 heterocycles. The Bertz CT molecular complexity index is 1140. The smallest absolute Gasteiger partial charge is 0.305 e. The van der Waals surface area contributed by atoms with E-state index in [1.165, 1.54) is 52.0 Å². The van der Waals surface area contributed by atoms with Crippen LogP contribution in [-0.4, -0.2) is 23.5 Å². The Morgan fingerprint density at radius 1 is 1.00 bits per heavy atom. The number of carbonyl (C=O) groups is 2. The van der Waals surface area contributed by atoms with Crippen LogP contribution in [0.15, 0.2) is 48.5 Å². The van der Waals surface area contributed by atoms with Crippen LogP contribution in [0.1, 0.15) is 83.3 Å². The Hall–Kier alpha value is -3.12. The Labute approximate surface area is 218 Å². The summed E-state index contributed by atoms with van der Waals surface area (Å²) < 4.78 is 6.46. The summed E-state index contributed by atoms with van der Waals surface area (Å²) in [5.41, 5.74) is 6.19. The molecule has 5 nitrogen and oxygen atoms in total. The number of aliphatic carboxylic acids is 1. The van der Waals surface area contributed by atoms with Crippen LogP contribution in [0.4, 0.5) is 0 Å². The van der Waals surface area contributed by atoms with Crippen molar-refractivity contribution < 1.29 is 19.4 Å². The number of ether oxygens (including phenoxy) is 1. The average molecular weight is 508 g/mol. The van der Waals surface area contributed by atoms with Crippen LogP contribution in [0.2, 0.25) is 0 Å². The number of carboxylic acid groups (broad SMARTS) is 1. The number of amides is 1. The molecule has 0 aliphatic carbocycles. The van der Waals surface area contributed by atoms with Crippen molar-refractivity contribution in [1.29, 1.82) is 0 Å². The van der Waals surface area contributed by atoms with Gasteiger partial charge in [-0.3, -0.25) is 9.59 Å². The lowest BCUT2D eigenvalue weighted by Gasteiger charge is -2.20. The molecule has 2 N–H and O–H groups in total. The van der Waals surface area contributed by atoms with Crippen molar-refractivity contribution in [2.24, 2.45) is 0 Å². The first kappa shape index (κ1) is 27.5. The number of rotatable bonds is 13. The highest BCUT2D eigenvalue weighted by Gasteiger charge is 2.19. The number of carboxylic acids is 1. The van der Waals surface area contributed by atoms with Gasteiger partial charge in [-0.1, -0.05) is 51.0 Å². The highest BCUT2D eigenvalue weighted by molar-refractivity contribution is 7.14. The zero-order valence-electron chi connectivity index (χ0n) is 21.7. The number of hydrogen-bond acceptors (Lipinski definition) is 4. The second-order valence-electron chi connectivity index (χ2n) is 9.23. The maximum atomic E-state index is 12.4. The van der Waals surface area contributed by atoms with Gasteiger partial charge in [-0.2, -0.15) is 0 Å². The molecule has 0 fully saturated rings. The van der Waals surface area contributed by atoms with Gasteiger partial charge in [0.05, 0.1) is 11.3 Å². The molecule has 0 bridgehead atoms. The first-order valence-electron chi connectivity index (χ1n) is 12.8. The zero-order valence-corrected chi connectivity index (χ0v) is 22.5. The summed E-state index contributed by atoms with van der Waals surface area (Å²) >= 11 is 1.40. The van der Waals surface area contributed by atoms with Crippen LogP contribution in [0.3, 0.4) is 0 Å². The molecule has 0 saturated heterocycles. The molecule has 0 spiro atoms. The van der Waals surface area contributed by atoms with Crippen LogP contribution in [-0.2, 0) is 11.2 Å². The third kappa shape index (κ3) is 7.44. The van der Waals surface area contributed by atoms with Crippen molar-refractivity contribution in [1.82, 2.24) is 5.32 Å². The molecule has 192 valence electrons. The van der Waals surface area contributed by atoms with Crippen LogP contribution < -0.4 is 10.1 Å². The fraction of sp³-hybridized carbons (Fsp3) is 0.400. The predicted molar refractivity (Wildman–Crippen MR) is 147 cm³/mol. The van der Waals surface area contributed by atoms with E-state index in [0.717, 1.165) is 29.9 Å². The fourth-order valence-electron chi connectivity index (χ4n) is 4.37. The van der Waals surface area contributed by atoms with Crippen LogP contribution in [0.25, 0.3) is 11.1 Å². The Morgan fingerprint density at radius 2 is 1.69 bits per heavy atom. The number of benzene rings is 2. The lowest BCUT2D eigenvalue weighted by Crippen LogP contribution is -2.25. The summed E-state index contributed by atoms with van der Waals surface area (Å²) in [7, 11) is 0. The highest BCUT2D eigenvalue weighted by atomic mass is 32.1. The molecule has 2 aromatic carbocycles. The molecular weight excluding hydrogens is 470 g/mol. The van der Waals surface area contributed by atoms with E-state index >= 15 is 0 Å².